The molecule has 0 radical (unpaired) electrons. The molecule has 2 heterocycles. The van der Waals surface area contributed by atoms with E-state index in [0.717, 1.165) is 42.9 Å². The minimum Gasteiger partial charge on any atom is -0.350 e. The lowest BCUT2D eigenvalue weighted by molar-refractivity contribution is -0.130. The summed E-state index contributed by atoms with van der Waals surface area (Å²) in [4.78, 5) is 20.7. The first-order valence-electron chi connectivity index (χ1n) is 7.29. The number of nitrogens with one attached hydrogen (secondary N) is 1. The second-order valence-corrected chi connectivity index (χ2v) is 5.35. The average molecular weight is 284 g/mol. The maximum absolute atomic E-state index is 12.3. The summed E-state index contributed by atoms with van der Waals surface area (Å²) in [5.41, 5.74) is 0.955. The molecule has 0 atom stereocenters. The predicted octanol–water partition coefficient (Wildman–Crippen LogP) is 1.10. The molecule has 3 rings (SSSR count). The monoisotopic (exact) mass is 284 g/mol. The summed E-state index contributed by atoms with van der Waals surface area (Å²) in [6.07, 6.45) is 0. The van der Waals surface area contributed by atoms with Crippen molar-refractivity contribution in [3.05, 3.63) is 36.4 Å². The number of likely N-dealkylation sites (N-methyl/N-ethyl adjacent to an activating group) is 1. The molecular formula is C16H20N4O. The Balaban J connectivity index is 1.71. The van der Waals surface area contributed by atoms with E-state index in [0.29, 0.717) is 6.54 Å². The number of nitrogens with zero attached hydrogens (tertiary/aromatic N) is 3. The molecule has 2 aromatic rings. The van der Waals surface area contributed by atoms with Crippen molar-refractivity contribution < 1.29 is 4.79 Å². The van der Waals surface area contributed by atoms with Gasteiger partial charge in [0.1, 0.15) is 5.82 Å². The number of rotatable bonds is 3. The van der Waals surface area contributed by atoms with E-state index in [4.69, 9.17) is 0 Å². The number of piperazine rings is 1. The number of fused-ring (bicyclic) bond motifs is 1. The molecule has 1 aliphatic heterocycles. The van der Waals surface area contributed by atoms with Crippen LogP contribution in [0.15, 0.2) is 36.4 Å². The van der Waals surface area contributed by atoms with Gasteiger partial charge in [-0.2, -0.15) is 0 Å². The lowest BCUT2D eigenvalue weighted by Crippen LogP contribution is -2.49. The highest BCUT2D eigenvalue weighted by Crippen LogP contribution is 2.17. The van der Waals surface area contributed by atoms with Crippen molar-refractivity contribution in [1.29, 1.82) is 0 Å². The highest BCUT2D eigenvalue weighted by atomic mass is 16.2. The first-order valence-corrected chi connectivity index (χ1v) is 7.29. The van der Waals surface area contributed by atoms with Gasteiger partial charge in [-0.25, -0.2) is 4.98 Å². The first-order chi connectivity index (χ1) is 10.2. The fraction of sp³-hybridized carbons (Fsp3) is 0.375. The van der Waals surface area contributed by atoms with Gasteiger partial charge in [0.25, 0.3) is 0 Å². The van der Waals surface area contributed by atoms with Crippen LogP contribution in [0.3, 0.4) is 0 Å². The van der Waals surface area contributed by atoms with Crippen LogP contribution in [0, 0.1) is 0 Å². The molecule has 5 heteroatoms. The van der Waals surface area contributed by atoms with E-state index < -0.39 is 0 Å². The van der Waals surface area contributed by atoms with Gasteiger partial charge < -0.3 is 15.1 Å². The van der Waals surface area contributed by atoms with E-state index >= 15 is 0 Å². The Morgan fingerprint density at radius 3 is 2.81 bits per heavy atom. The number of hydrogen-bond donors (Lipinski definition) is 1. The molecule has 21 heavy (non-hydrogen) atoms. The summed E-state index contributed by atoms with van der Waals surface area (Å²) in [6.45, 7) is 3.70. The zero-order valence-corrected chi connectivity index (χ0v) is 12.2. The van der Waals surface area contributed by atoms with Crippen LogP contribution in [0.4, 0.5) is 5.82 Å². The Morgan fingerprint density at radius 2 is 2.00 bits per heavy atom. The summed E-state index contributed by atoms with van der Waals surface area (Å²) in [7, 11) is 1.91. The third kappa shape index (κ3) is 3.13. The molecular weight excluding hydrogens is 264 g/mol. The van der Waals surface area contributed by atoms with Gasteiger partial charge in [0.05, 0.1) is 12.1 Å². The third-order valence-corrected chi connectivity index (χ3v) is 3.82. The minimum absolute atomic E-state index is 0.161. The van der Waals surface area contributed by atoms with E-state index in [1.54, 1.807) is 0 Å². The third-order valence-electron chi connectivity index (χ3n) is 3.82. The fourth-order valence-electron chi connectivity index (χ4n) is 2.57. The van der Waals surface area contributed by atoms with Crippen molar-refractivity contribution in [2.75, 3.05) is 44.7 Å². The lowest BCUT2D eigenvalue weighted by Gasteiger charge is -2.29. The number of carbonyl (C=O) groups excluding carboxylic acids is 1. The van der Waals surface area contributed by atoms with Gasteiger partial charge in [0, 0.05) is 38.6 Å². The second kappa shape index (κ2) is 6.10. The summed E-state index contributed by atoms with van der Waals surface area (Å²) < 4.78 is 0. The van der Waals surface area contributed by atoms with Crippen molar-refractivity contribution in [2.45, 2.75) is 0 Å². The van der Waals surface area contributed by atoms with E-state index in [1.807, 2.05) is 53.2 Å². The SMILES string of the molecule is CN(CC(=O)N1CCNCC1)c1ccc2ccccc2n1. The van der Waals surface area contributed by atoms with Crippen LogP contribution in [0.2, 0.25) is 0 Å². The molecule has 5 nitrogen and oxygen atoms in total. The van der Waals surface area contributed by atoms with Gasteiger partial charge in [0.15, 0.2) is 0 Å². The molecule has 1 aromatic carbocycles. The largest absolute Gasteiger partial charge is 0.350 e. The topological polar surface area (TPSA) is 48.5 Å². The van der Waals surface area contributed by atoms with E-state index in [2.05, 4.69) is 10.3 Å². The Hall–Kier alpha value is -2.14. The molecule has 0 unspecified atom stereocenters. The molecule has 0 spiro atoms. The zero-order valence-electron chi connectivity index (χ0n) is 12.2. The summed E-state index contributed by atoms with van der Waals surface area (Å²) in [5.74, 6) is 0.992. The van der Waals surface area contributed by atoms with Gasteiger partial charge >= 0.3 is 0 Å². The molecule has 1 aliphatic rings. The van der Waals surface area contributed by atoms with Crippen molar-refractivity contribution in [2.24, 2.45) is 0 Å². The van der Waals surface area contributed by atoms with Crippen LogP contribution in [0.25, 0.3) is 10.9 Å². The minimum atomic E-state index is 0.161. The molecule has 110 valence electrons. The summed E-state index contributed by atoms with van der Waals surface area (Å²) in [6, 6.07) is 12.0. The Labute approximate surface area is 124 Å². The zero-order chi connectivity index (χ0) is 14.7. The number of para-hydroxylation sites is 1. The molecule has 1 amide bonds. The maximum atomic E-state index is 12.3. The number of anilines is 1. The van der Waals surface area contributed by atoms with E-state index in [-0.39, 0.29) is 5.91 Å². The van der Waals surface area contributed by atoms with Crippen molar-refractivity contribution in [3.8, 4) is 0 Å². The molecule has 1 saturated heterocycles. The fourth-order valence-corrected chi connectivity index (χ4v) is 2.57. The van der Waals surface area contributed by atoms with Gasteiger partial charge in [-0.05, 0) is 18.2 Å². The standard InChI is InChI=1S/C16H20N4O/c1-19(12-16(21)20-10-8-17-9-11-20)15-7-6-13-4-2-3-5-14(13)18-15/h2-7,17H,8-12H2,1H3. The Kier molecular flexibility index (Phi) is 4.01. The molecule has 1 N–H and O–H groups in total. The summed E-state index contributed by atoms with van der Waals surface area (Å²) >= 11 is 0. The van der Waals surface area contributed by atoms with Crippen LogP contribution in [0.5, 0.6) is 0 Å². The molecule has 0 saturated carbocycles. The number of pyridine rings is 1. The predicted molar refractivity (Wildman–Crippen MR) is 84.5 cm³/mol. The van der Waals surface area contributed by atoms with Crippen LogP contribution in [0.1, 0.15) is 0 Å². The number of amides is 1. The summed E-state index contributed by atoms with van der Waals surface area (Å²) in [5, 5.41) is 4.37. The number of aromatic nitrogens is 1. The van der Waals surface area contributed by atoms with Crippen LogP contribution in [-0.2, 0) is 4.79 Å². The maximum Gasteiger partial charge on any atom is 0.242 e. The highest BCUT2D eigenvalue weighted by molar-refractivity contribution is 5.83. The van der Waals surface area contributed by atoms with Crippen molar-refractivity contribution >= 4 is 22.6 Å². The van der Waals surface area contributed by atoms with E-state index in [1.165, 1.54) is 0 Å². The molecule has 0 bridgehead atoms. The van der Waals surface area contributed by atoms with Gasteiger partial charge in [-0.15, -0.1) is 0 Å². The molecule has 1 aromatic heterocycles. The quantitative estimate of drug-likeness (QED) is 0.917. The van der Waals surface area contributed by atoms with Crippen LogP contribution < -0.4 is 10.2 Å². The van der Waals surface area contributed by atoms with Crippen LogP contribution >= 0.6 is 0 Å². The van der Waals surface area contributed by atoms with Gasteiger partial charge in [-0.3, -0.25) is 4.79 Å². The Bertz CT molecular complexity index is 637. The van der Waals surface area contributed by atoms with Crippen molar-refractivity contribution in [3.63, 3.8) is 0 Å². The molecule has 1 fully saturated rings. The molecule has 0 aliphatic carbocycles. The van der Waals surface area contributed by atoms with Crippen molar-refractivity contribution in [1.82, 2.24) is 15.2 Å². The smallest absolute Gasteiger partial charge is 0.242 e. The van der Waals surface area contributed by atoms with Gasteiger partial charge in [0.2, 0.25) is 5.91 Å². The number of hydrogen-bond acceptors (Lipinski definition) is 4. The average Bonchev–Trinajstić information content (AvgIpc) is 2.55. The Morgan fingerprint density at radius 1 is 1.24 bits per heavy atom. The van der Waals surface area contributed by atoms with Gasteiger partial charge in [-0.1, -0.05) is 18.2 Å². The van der Waals surface area contributed by atoms with E-state index in [9.17, 15) is 4.79 Å². The highest BCUT2D eigenvalue weighted by Gasteiger charge is 2.18. The lowest BCUT2D eigenvalue weighted by atomic mass is 10.2. The first kappa shape index (κ1) is 13.8. The number of carbonyl (C=O) groups is 1. The second-order valence-electron chi connectivity index (χ2n) is 5.35. The normalized spacial score (nSPS) is 15.2. The number of benzene rings is 1. The van der Waals surface area contributed by atoms with Crippen LogP contribution in [-0.4, -0.2) is 55.6 Å².